The van der Waals surface area contributed by atoms with Crippen molar-refractivity contribution in [2.24, 2.45) is 0 Å². The Balaban J connectivity index is 2.33. The first-order chi connectivity index (χ1) is 8.60. The van der Waals surface area contributed by atoms with Gasteiger partial charge in [0.2, 0.25) is 5.88 Å². The predicted molar refractivity (Wildman–Crippen MR) is 74.8 cm³/mol. The molecule has 0 saturated heterocycles. The van der Waals surface area contributed by atoms with E-state index in [0.29, 0.717) is 17.5 Å². The molecule has 0 amide bonds. The van der Waals surface area contributed by atoms with E-state index in [4.69, 9.17) is 10.5 Å². The van der Waals surface area contributed by atoms with Crippen LogP contribution < -0.4 is 10.5 Å². The number of rotatable bonds is 3. The molecule has 0 aliphatic rings. The molecule has 0 aliphatic carbocycles. The van der Waals surface area contributed by atoms with Crippen LogP contribution in [0.3, 0.4) is 0 Å². The topological polar surface area (TPSA) is 61.0 Å². The molecule has 0 spiro atoms. The van der Waals surface area contributed by atoms with E-state index in [0.717, 1.165) is 22.2 Å². The van der Waals surface area contributed by atoms with Crippen molar-refractivity contribution in [3.05, 3.63) is 40.1 Å². The number of aryl methyl sites for hydroxylation is 1. The lowest BCUT2D eigenvalue weighted by Crippen LogP contribution is -2.04. The van der Waals surface area contributed by atoms with E-state index in [1.54, 1.807) is 0 Å². The van der Waals surface area contributed by atoms with Crippen molar-refractivity contribution in [1.82, 2.24) is 9.97 Å². The quantitative estimate of drug-likeness (QED) is 0.943. The fourth-order valence-electron chi connectivity index (χ4n) is 1.43. The monoisotopic (exact) mass is 307 g/mol. The van der Waals surface area contributed by atoms with E-state index in [1.165, 1.54) is 0 Å². The van der Waals surface area contributed by atoms with Gasteiger partial charge in [0.25, 0.3) is 0 Å². The number of anilines is 1. The molecule has 0 aliphatic heterocycles. The fraction of sp³-hybridized carbons (Fsp3) is 0.231. The van der Waals surface area contributed by atoms with Gasteiger partial charge >= 0.3 is 0 Å². The third-order valence-corrected chi connectivity index (χ3v) is 3.06. The Labute approximate surface area is 114 Å². The van der Waals surface area contributed by atoms with Crippen LogP contribution in [0.25, 0.3) is 0 Å². The highest BCUT2D eigenvalue weighted by Gasteiger charge is 2.09. The van der Waals surface area contributed by atoms with Crippen LogP contribution in [0.15, 0.2) is 28.7 Å². The summed E-state index contributed by atoms with van der Waals surface area (Å²) in [5, 5.41) is 0. The molecule has 0 unspecified atom stereocenters. The summed E-state index contributed by atoms with van der Waals surface area (Å²) >= 11 is 3.38. The maximum absolute atomic E-state index is 5.84. The third kappa shape index (κ3) is 2.79. The molecule has 1 aromatic heterocycles. The third-order valence-electron chi connectivity index (χ3n) is 2.53. The number of nitrogen functional groups attached to an aromatic ring is 1. The highest BCUT2D eigenvalue weighted by Crippen LogP contribution is 2.26. The van der Waals surface area contributed by atoms with Crippen LogP contribution in [0.4, 0.5) is 5.82 Å². The van der Waals surface area contributed by atoms with Gasteiger partial charge in [-0.25, -0.2) is 4.98 Å². The Bertz CT molecular complexity index is 555. The van der Waals surface area contributed by atoms with Crippen LogP contribution in [-0.2, 0) is 6.42 Å². The van der Waals surface area contributed by atoms with Crippen molar-refractivity contribution in [1.29, 1.82) is 0 Å². The molecule has 94 valence electrons. The number of aromatic nitrogens is 2. The summed E-state index contributed by atoms with van der Waals surface area (Å²) < 4.78 is 6.74. The lowest BCUT2D eigenvalue weighted by atomic mass is 10.3. The second-order valence-corrected chi connectivity index (χ2v) is 4.78. The van der Waals surface area contributed by atoms with Crippen molar-refractivity contribution in [2.75, 3.05) is 5.73 Å². The number of nitrogens with zero attached hydrogens (tertiary/aromatic N) is 2. The average Bonchev–Trinajstić information content (AvgIpc) is 2.37. The lowest BCUT2D eigenvalue weighted by Gasteiger charge is -2.10. The number of ether oxygens (including phenoxy) is 1. The summed E-state index contributed by atoms with van der Waals surface area (Å²) in [5.41, 5.74) is 6.60. The maximum atomic E-state index is 5.84. The van der Waals surface area contributed by atoms with Crippen molar-refractivity contribution in [3.63, 3.8) is 0 Å². The molecule has 0 radical (unpaired) electrons. The van der Waals surface area contributed by atoms with Crippen molar-refractivity contribution >= 4 is 21.7 Å². The number of nitrogens with two attached hydrogens (primary N) is 1. The van der Waals surface area contributed by atoms with Crippen LogP contribution >= 0.6 is 15.9 Å². The van der Waals surface area contributed by atoms with E-state index >= 15 is 0 Å². The molecule has 0 fully saturated rings. The van der Waals surface area contributed by atoms with Gasteiger partial charge in [-0.05, 0) is 31.2 Å². The van der Waals surface area contributed by atoms with Crippen LogP contribution in [0.1, 0.15) is 18.3 Å². The Kier molecular flexibility index (Phi) is 3.81. The molecule has 0 saturated carbocycles. The van der Waals surface area contributed by atoms with Gasteiger partial charge in [0.15, 0.2) is 0 Å². The highest BCUT2D eigenvalue weighted by molar-refractivity contribution is 9.10. The maximum Gasteiger partial charge on any atom is 0.227 e. The van der Waals surface area contributed by atoms with Gasteiger partial charge in [-0.2, -0.15) is 4.98 Å². The Morgan fingerprint density at radius 2 is 1.89 bits per heavy atom. The van der Waals surface area contributed by atoms with E-state index in [1.807, 2.05) is 38.1 Å². The zero-order chi connectivity index (χ0) is 13.1. The fourth-order valence-corrected chi connectivity index (χ4v) is 1.69. The van der Waals surface area contributed by atoms with Gasteiger partial charge in [0.05, 0.1) is 5.56 Å². The molecule has 2 rings (SSSR count). The zero-order valence-corrected chi connectivity index (χ0v) is 11.9. The molecule has 1 aromatic carbocycles. The summed E-state index contributed by atoms with van der Waals surface area (Å²) in [4.78, 5) is 8.53. The van der Waals surface area contributed by atoms with Gasteiger partial charge in [0.1, 0.15) is 17.4 Å². The highest BCUT2D eigenvalue weighted by atomic mass is 79.9. The van der Waals surface area contributed by atoms with E-state index in [-0.39, 0.29) is 0 Å². The summed E-state index contributed by atoms with van der Waals surface area (Å²) in [6, 6.07) is 7.56. The van der Waals surface area contributed by atoms with Gasteiger partial charge in [-0.3, -0.25) is 0 Å². The second-order valence-electron chi connectivity index (χ2n) is 3.86. The molecule has 5 heteroatoms. The van der Waals surface area contributed by atoms with E-state index < -0.39 is 0 Å². The summed E-state index contributed by atoms with van der Waals surface area (Å²) in [6.45, 7) is 3.83. The van der Waals surface area contributed by atoms with Crippen molar-refractivity contribution < 1.29 is 4.74 Å². The van der Waals surface area contributed by atoms with Gasteiger partial charge < -0.3 is 10.5 Å². The molecular weight excluding hydrogens is 294 g/mol. The van der Waals surface area contributed by atoms with Crippen molar-refractivity contribution in [3.8, 4) is 11.6 Å². The SMILES string of the molecule is CCc1nc(N)c(C)c(Oc2ccc(Br)cc2)n1. The molecule has 2 N–H and O–H groups in total. The predicted octanol–water partition coefficient (Wildman–Crippen LogP) is 3.48. The second kappa shape index (κ2) is 5.35. The average molecular weight is 308 g/mol. The van der Waals surface area contributed by atoms with E-state index in [2.05, 4.69) is 25.9 Å². The van der Waals surface area contributed by atoms with Crippen LogP contribution in [-0.4, -0.2) is 9.97 Å². The molecule has 1 heterocycles. The van der Waals surface area contributed by atoms with Gasteiger partial charge in [0, 0.05) is 10.9 Å². The Morgan fingerprint density at radius 3 is 2.50 bits per heavy atom. The Morgan fingerprint density at radius 1 is 1.22 bits per heavy atom. The minimum absolute atomic E-state index is 0.467. The van der Waals surface area contributed by atoms with Crippen LogP contribution in [0.2, 0.25) is 0 Å². The van der Waals surface area contributed by atoms with Gasteiger partial charge in [-0.1, -0.05) is 22.9 Å². The molecule has 18 heavy (non-hydrogen) atoms. The number of benzene rings is 1. The number of hydrogen-bond donors (Lipinski definition) is 1. The molecule has 0 atom stereocenters. The summed E-state index contributed by atoms with van der Waals surface area (Å²) in [7, 11) is 0. The molecule has 2 aromatic rings. The zero-order valence-electron chi connectivity index (χ0n) is 10.3. The Hall–Kier alpha value is -1.62. The molecule has 0 bridgehead atoms. The first-order valence-electron chi connectivity index (χ1n) is 5.66. The standard InChI is InChI=1S/C13H14BrN3O/c1-3-11-16-12(15)8(2)13(17-11)18-10-6-4-9(14)5-7-10/h4-7H,3H2,1-2H3,(H2,15,16,17). The molecular formula is C13H14BrN3O. The van der Waals surface area contributed by atoms with Crippen LogP contribution in [0, 0.1) is 6.92 Å². The van der Waals surface area contributed by atoms with Crippen LogP contribution in [0.5, 0.6) is 11.6 Å². The minimum atomic E-state index is 0.467. The largest absolute Gasteiger partial charge is 0.439 e. The first kappa shape index (κ1) is 12.8. The normalized spacial score (nSPS) is 10.4. The molecule has 4 nitrogen and oxygen atoms in total. The summed E-state index contributed by atoms with van der Waals surface area (Å²) in [5.74, 6) is 2.39. The lowest BCUT2D eigenvalue weighted by molar-refractivity contribution is 0.455. The summed E-state index contributed by atoms with van der Waals surface area (Å²) in [6.07, 6.45) is 0.723. The first-order valence-corrected chi connectivity index (χ1v) is 6.46. The number of hydrogen-bond acceptors (Lipinski definition) is 4. The minimum Gasteiger partial charge on any atom is -0.439 e. The van der Waals surface area contributed by atoms with E-state index in [9.17, 15) is 0 Å². The number of halogens is 1. The smallest absolute Gasteiger partial charge is 0.227 e. The van der Waals surface area contributed by atoms with Crippen molar-refractivity contribution in [2.45, 2.75) is 20.3 Å². The van der Waals surface area contributed by atoms with Gasteiger partial charge in [-0.15, -0.1) is 0 Å².